The number of sulfonamides is 1. The number of carbonyl (C=O) groups excluding carboxylic acids is 1. The van der Waals surface area contributed by atoms with Crippen LogP contribution in [0.15, 0.2) is 0 Å². The molecule has 0 spiro atoms. The van der Waals surface area contributed by atoms with Crippen LogP contribution >= 0.6 is 0 Å². The molecule has 0 aromatic rings. The van der Waals surface area contributed by atoms with Crippen LogP contribution in [0.25, 0.3) is 0 Å². The van der Waals surface area contributed by atoms with Gasteiger partial charge in [-0.25, -0.2) is 13.1 Å². The van der Waals surface area contributed by atoms with Crippen molar-refractivity contribution in [3.8, 4) is 0 Å². The van der Waals surface area contributed by atoms with Crippen LogP contribution in [0.2, 0.25) is 0 Å². The van der Waals surface area contributed by atoms with Gasteiger partial charge in [-0.15, -0.1) is 0 Å². The Morgan fingerprint density at radius 1 is 1.25 bits per heavy atom. The summed E-state index contributed by atoms with van der Waals surface area (Å²) in [6.07, 6.45) is 1.21. The Labute approximate surface area is 97.6 Å². The fourth-order valence-corrected chi connectivity index (χ4v) is 1.95. The van der Waals surface area contributed by atoms with Crippen LogP contribution in [0.3, 0.4) is 0 Å². The highest BCUT2D eigenvalue weighted by molar-refractivity contribution is 7.88. The van der Waals surface area contributed by atoms with Crippen molar-refractivity contribution >= 4 is 16.0 Å². The predicted molar refractivity (Wildman–Crippen MR) is 62.5 cm³/mol. The molecule has 1 N–H and O–H groups in total. The topological polar surface area (TPSA) is 72.5 Å². The second-order valence-corrected chi connectivity index (χ2v) is 6.34. The lowest BCUT2D eigenvalue weighted by atomic mass is 10.0. The molecule has 0 aliphatic rings. The summed E-state index contributed by atoms with van der Waals surface area (Å²) in [5.74, 6) is -0.312. The molecule has 0 saturated heterocycles. The van der Waals surface area contributed by atoms with Crippen LogP contribution in [-0.2, 0) is 19.6 Å². The van der Waals surface area contributed by atoms with E-state index >= 15 is 0 Å². The van der Waals surface area contributed by atoms with E-state index in [1.54, 1.807) is 13.8 Å². The zero-order chi connectivity index (χ0) is 12.9. The summed E-state index contributed by atoms with van der Waals surface area (Å²) < 4.78 is 29.5. The standard InChI is InChI=1S/C10H21NO4S/c1-7(2)6-9(11-16(5,13)14)10(12)15-8(3)4/h7-9,11H,6H2,1-5H3. The molecule has 0 aliphatic heterocycles. The summed E-state index contributed by atoms with van der Waals surface area (Å²) in [4.78, 5) is 11.6. The molecule has 5 nitrogen and oxygen atoms in total. The van der Waals surface area contributed by atoms with Crippen molar-refractivity contribution in [2.45, 2.75) is 46.3 Å². The first-order valence-electron chi connectivity index (χ1n) is 5.29. The summed E-state index contributed by atoms with van der Waals surface area (Å²) >= 11 is 0. The molecule has 0 aromatic carbocycles. The minimum absolute atomic E-state index is 0.207. The van der Waals surface area contributed by atoms with E-state index < -0.39 is 22.0 Å². The Hall–Kier alpha value is -0.620. The summed E-state index contributed by atoms with van der Waals surface area (Å²) in [6.45, 7) is 7.29. The Morgan fingerprint density at radius 2 is 1.75 bits per heavy atom. The molecule has 96 valence electrons. The number of carbonyl (C=O) groups is 1. The number of hydrogen-bond acceptors (Lipinski definition) is 4. The Bertz CT molecular complexity index is 322. The minimum Gasteiger partial charge on any atom is -0.462 e. The van der Waals surface area contributed by atoms with Crippen LogP contribution in [0.4, 0.5) is 0 Å². The molecular formula is C10H21NO4S. The third-order valence-corrected chi connectivity index (χ3v) is 2.41. The van der Waals surface area contributed by atoms with Gasteiger partial charge in [0, 0.05) is 0 Å². The summed E-state index contributed by atoms with van der Waals surface area (Å²) in [6, 6.07) is -0.794. The Kier molecular flexibility index (Phi) is 5.96. The van der Waals surface area contributed by atoms with Crippen LogP contribution in [0.1, 0.15) is 34.1 Å². The van der Waals surface area contributed by atoms with Crippen LogP contribution in [-0.4, -0.2) is 32.8 Å². The normalized spacial score (nSPS) is 14.2. The maximum Gasteiger partial charge on any atom is 0.324 e. The molecule has 0 aliphatic carbocycles. The average molecular weight is 251 g/mol. The fourth-order valence-electron chi connectivity index (χ4n) is 1.24. The summed E-state index contributed by atoms with van der Waals surface area (Å²) in [5.41, 5.74) is 0. The Morgan fingerprint density at radius 3 is 2.06 bits per heavy atom. The Balaban J connectivity index is 4.60. The largest absolute Gasteiger partial charge is 0.462 e. The van der Waals surface area contributed by atoms with Gasteiger partial charge in [0.2, 0.25) is 10.0 Å². The van der Waals surface area contributed by atoms with Crippen LogP contribution in [0.5, 0.6) is 0 Å². The maximum absolute atomic E-state index is 11.6. The molecule has 0 bridgehead atoms. The molecule has 0 aromatic heterocycles. The molecule has 0 rings (SSSR count). The molecule has 0 heterocycles. The van der Waals surface area contributed by atoms with Gasteiger partial charge in [-0.05, 0) is 26.2 Å². The first kappa shape index (κ1) is 15.4. The van der Waals surface area contributed by atoms with Gasteiger partial charge in [-0.2, -0.15) is 0 Å². The number of nitrogens with one attached hydrogen (secondary N) is 1. The molecule has 6 heteroatoms. The quantitative estimate of drug-likeness (QED) is 0.712. The molecule has 1 unspecified atom stereocenters. The highest BCUT2D eigenvalue weighted by Crippen LogP contribution is 2.08. The highest BCUT2D eigenvalue weighted by Gasteiger charge is 2.25. The van der Waals surface area contributed by atoms with Crippen LogP contribution < -0.4 is 4.72 Å². The van der Waals surface area contributed by atoms with Gasteiger partial charge in [0.1, 0.15) is 6.04 Å². The average Bonchev–Trinajstić information content (AvgIpc) is 1.97. The smallest absolute Gasteiger partial charge is 0.324 e. The molecule has 1 atom stereocenters. The summed E-state index contributed by atoms with van der Waals surface area (Å²) in [7, 11) is -3.40. The number of ether oxygens (including phenoxy) is 1. The third-order valence-electron chi connectivity index (χ3n) is 1.70. The summed E-state index contributed by atoms with van der Waals surface area (Å²) in [5, 5.41) is 0. The van der Waals surface area contributed by atoms with Crippen molar-refractivity contribution in [3.05, 3.63) is 0 Å². The van der Waals surface area contributed by atoms with E-state index in [4.69, 9.17) is 4.74 Å². The molecule has 16 heavy (non-hydrogen) atoms. The molecule has 0 amide bonds. The van der Waals surface area contributed by atoms with Gasteiger partial charge >= 0.3 is 5.97 Å². The van der Waals surface area contributed by atoms with E-state index in [-0.39, 0.29) is 12.0 Å². The number of esters is 1. The van der Waals surface area contributed by atoms with E-state index in [1.807, 2.05) is 13.8 Å². The third kappa shape index (κ3) is 7.64. The van der Waals surface area contributed by atoms with Crippen molar-refractivity contribution in [3.63, 3.8) is 0 Å². The number of rotatable bonds is 6. The SMILES string of the molecule is CC(C)CC(NS(C)(=O)=O)C(=O)OC(C)C. The molecule has 0 fully saturated rings. The van der Waals surface area contributed by atoms with E-state index in [9.17, 15) is 13.2 Å². The second kappa shape index (κ2) is 6.20. The lowest BCUT2D eigenvalue weighted by Crippen LogP contribution is -2.42. The van der Waals surface area contributed by atoms with Crippen molar-refractivity contribution in [2.24, 2.45) is 5.92 Å². The van der Waals surface area contributed by atoms with E-state index in [1.165, 1.54) is 0 Å². The second-order valence-electron chi connectivity index (χ2n) is 4.56. The highest BCUT2D eigenvalue weighted by atomic mass is 32.2. The predicted octanol–water partition coefficient (Wildman–Crippen LogP) is 0.902. The molecule has 0 saturated carbocycles. The van der Waals surface area contributed by atoms with E-state index in [2.05, 4.69) is 4.72 Å². The maximum atomic E-state index is 11.6. The molecule has 0 radical (unpaired) electrons. The van der Waals surface area contributed by atoms with Gasteiger partial charge in [-0.3, -0.25) is 4.79 Å². The van der Waals surface area contributed by atoms with Gasteiger partial charge in [-0.1, -0.05) is 13.8 Å². The number of hydrogen-bond donors (Lipinski definition) is 1. The van der Waals surface area contributed by atoms with Gasteiger partial charge in [0.05, 0.1) is 12.4 Å². The van der Waals surface area contributed by atoms with Crippen molar-refractivity contribution < 1.29 is 17.9 Å². The fraction of sp³-hybridized carbons (Fsp3) is 0.900. The first-order chi connectivity index (χ1) is 7.11. The van der Waals surface area contributed by atoms with Gasteiger partial charge in [0.25, 0.3) is 0 Å². The lowest BCUT2D eigenvalue weighted by molar-refractivity contribution is -0.149. The van der Waals surface area contributed by atoms with Crippen LogP contribution in [0, 0.1) is 5.92 Å². The van der Waals surface area contributed by atoms with Gasteiger partial charge in [0.15, 0.2) is 0 Å². The van der Waals surface area contributed by atoms with Crippen molar-refractivity contribution in [2.75, 3.05) is 6.26 Å². The molecular weight excluding hydrogens is 230 g/mol. The van der Waals surface area contributed by atoms with Crippen molar-refractivity contribution in [1.29, 1.82) is 0 Å². The van der Waals surface area contributed by atoms with Gasteiger partial charge < -0.3 is 4.74 Å². The lowest BCUT2D eigenvalue weighted by Gasteiger charge is -2.19. The van der Waals surface area contributed by atoms with Crippen molar-refractivity contribution in [1.82, 2.24) is 4.72 Å². The van der Waals surface area contributed by atoms with E-state index in [0.717, 1.165) is 6.26 Å². The van der Waals surface area contributed by atoms with E-state index in [0.29, 0.717) is 6.42 Å². The zero-order valence-corrected chi connectivity index (χ0v) is 11.3. The zero-order valence-electron chi connectivity index (χ0n) is 10.5. The first-order valence-corrected chi connectivity index (χ1v) is 7.18. The minimum atomic E-state index is -3.40. The monoisotopic (exact) mass is 251 g/mol.